The molecule has 0 saturated heterocycles. The lowest BCUT2D eigenvalue weighted by molar-refractivity contribution is 0.000258. The van der Waals surface area contributed by atoms with Gasteiger partial charge < -0.3 is 25.0 Å². The first-order chi connectivity index (χ1) is 9.72. The van der Waals surface area contributed by atoms with Crippen LogP contribution in [0.3, 0.4) is 0 Å². The van der Waals surface area contributed by atoms with Crippen molar-refractivity contribution in [1.82, 2.24) is 5.32 Å². The third kappa shape index (κ3) is 6.99. The SMILES string of the molecule is CCCCOCCOCC(O)CNC1(CO)CCCC1. The van der Waals surface area contributed by atoms with Crippen LogP contribution in [0.4, 0.5) is 0 Å². The van der Waals surface area contributed by atoms with Crippen molar-refractivity contribution in [2.24, 2.45) is 0 Å². The maximum Gasteiger partial charge on any atom is 0.0897 e. The summed E-state index contributed by atoms with van der Waals surface area (Å²) in [6.07, 6.45) is 5.96. The summed E-state index contributed by atoms with van der Waals surface area (Å²) in [6, 6.07) is 0. The predicted molar refractivity (Wildman–Crippen MR) is 78.8 cm³/mol. The molecular formula is C15H31NO4. The summed E-state index contributed by atoms with van der Waals surface area (Å²) in [5.74, 6) is 0. The highest BCUT2D eigenvalue weighted by Crippen LogP contribution is 2.28. The van der Waals surface area contributed by atoms with Crippen molar-refractivity contribution in [2.75, 3.05) is 39.6 Å². The molecule has 5 heteroatoms. The van der Waals surface area contributed by atoms with Gasteiger partial charge in [0.05, 0.1) is 32.5 Å². The van der Waals surface area contributed by atoms with Gasteiger partial charge in [-0.1, -0.05) is 26.2 Å². The molecule has 1 fully saturated rings. The number of β-amino-alcohol motifs (C(OH)–C–C–N with tert-alkyl or cyclic N) is 1. The second kappa shape index (κ2) is 10.5. The highest BCUT2D eigenvalue weighted by Gasteiger charge is 2.32. The largest absolute Gasteiger partial charge is 0.394 e. The van der Waals surface area contributed by atoms with Crippen LogP contribution >= 0.6 is 0 Å². The minimum Gasteiger partial charge on any atom is -0.394 e. The van der Waals surface area contributed by atoms with E-state index in [0.29, 0.717) is 26.4 Å². The Morgan fingerprint density at radius 2 is 1.85 bits per heavy atom. The van der Waals surface area contributed by atoms with Gasteiger partial charge in [-0.05, 0) is 19.3 Å². The van der Waals surface area contributed by atoms with Crippen molar-refractivity contribution in [2.45, 2.75) is 57.1 Å². The monoisotopic (exact) mass is 289 g/mol. The van der Waals surface area contributed by atoms with E-state index in [0.717, 1.165) is 45.1 Å². The summed E-state index contributed by atoms with van der Waals surface area (Å²) in [4.78, 5) is 0. The Bertz CT molecular complexity index is 232. The molecule has 1 unspecified atom stereocenters. The van der Waals surface area contributed by atoms with Crippen LogP contribution in [0.5, 0.6) is 0 Å². The zero-order valence-corrected chi connectivity index (χ0v) is 12.8. The molecule has 0 aliphatic heterocycles. The van der Waals surface area contributed by atoms with Crippen molar-refractivity contribution < 1.29 is 19.7 Å². The first-order valence-corrected chi connectivity index (χ1v) is 7.92. The third-order valence-electron chi connectivity index (χ3n) is 3.90. The fourth-order valence-corrected chi connectivity index (χ4v) is 2.52. The molecule has 20 heavy (non-hydrogen) atoms. The summed E-state index contributed by atoms with van der Waals surface area (Å²) in [7, 11) is 0. The van der Waals surface area contributed by atoms with Gasteiger partial charge >= 0.3 is 0 Å². The standard InChI is InChI=1S/C15H31NO4/c1-2-3-8-19-9-10-20-12-14(18)11-16-15(13-17)6-4-5-7-15/h14,16-18H,2-13H2,1H3. The average molecular weight is 289 g/mol. The van der Waals surface area contributed by atoms with Gasteiger partial charge in [0.1, 0.15) is 0 Å². The van der Waals surface area contributed by atoms with E-state index in [1.165, 1.54) is 0 Å². The van der Waals surface area contributed by atoms with Crippen LogP contribution in [0.25, 0.3) is 0 Å². The van der Waals surface area contributed by atoms with E-state index in [9.17, 15) is 10.2 Å². The maximum atomic E-state index is 9.85. The number of aliphatic hydroxyl groups excluding tert-OH is 2. The van der Waals surface area contributed by atoms with Gasteiger partial charge in [-0.15, -0.1) is 0 Å². The zero-order chi connectivity index (χ0) is 14.7. The first-order valence-electron chi connectivity index (χ1n) is 7.92. The molecule has 0 spiro atoms. The van der Waals surface area contributed by atoms with Crippen LogP contribution in [0.15, 0.2) is 0 Å². The van der Waals surface area contributed by atoms with E-state index in [2.05, 4.69) is 12.2 Å². The molecular weight excluding hydrogens is 258 g/mol. The molecule has 0 amide bonds. The smallest absolute Gasteiger partial charge is 0.0897 e. The molecule has 0 radical (unpaired) electrons. The van der Waals surface area contributed by atoms with Gasteiger partial charge in [-0.25, -0.2) is 0 Å². The Hall–Kier alpha value is -0.200. The molecule has 0 aromatic rings. The van der Waals surface area contributed by atoms with Gasteiger partial charge in [-0.2, -0.15) is 0 Å². The summed E-state index contributed by atoms with van der Waals surface area (Å²) >= 11 is 0. The molecule has 120 valence electrons. The van der Waals surface area contributed by atoms with Crippen LogP contribution in [0, 0.1) is 0 Å². The Balaban J connectivity index is 1.98. The second-order valence-corrected chi connectivity index (χ2v) is 5.72. The van der Waals surface area contributed by atoms with Gasteiger partial charge in [0, 0.05) is 18.7 Å². The minimum absolute atomic E-state index is 0.145. The third-order valence-corrected chi connectivity index (χ3v) is 3.90. The van der Waals surface area contributed by atoms with Crippen LogP contribution < -0.4 is 5.32 Å². The normalized spacial score (nSPS) is 19.4. The van der Waals surface area contributed by atoms with Crippen LogP contribution in [-0.2, 0) is 9.47 Å². The van der Waals surface area contributed by atoms with Crippen molar-refractivity contribution >= 4 is 0 Å². The molecule has 0 bridgehead atoms. The van der Waals surface area contributed by atoms with E-state index >= 15 is 0 Å². The number of aliphatic hydroxyl groups is 2. The first kappa shape index (κ1) is 17.9. The lowest BCUT2D eigenvalue weighted by atomic mass is 9.99. The van der Waals surface area contributed by atoms with Gasteiger partial charge in [0.25, 0.3) is 0 Å². The summed E-state index contributed by atoms with van der Waals surface area (Å²) in [5.41, 5.74) is -0.176. The maximum absolute atomic E-state index is 9.85. The summed E-state index contributed by atoms with van der Waals surface area (Å²) in [6.45, 7) is 4.94. The molecule has 1 aliphatic rings. The quantitative estimate of drug-likeness (QED) is 0.469. The molecule has 1 atom stereocenters. The van der Waals surface area contributed by atoms with Gasteiger partial charge in [0.2, 0.25) is 0 Å². The Labute approximate surface area is 122 Å². The van der Waals surface area contributed by atoms with Crippen molar-refractivity contribution in [3.8, 4) is 0 Å². The Morgan fingerprint density at radius 1 is 1.15 bits per heavy atom. The highest BCUT2D eigenvalue weighted by atomic mass is 16.5. The van der Waals surface area contributed by atoms with Crippen LogP contribution in [-0.4, -0.2) is 61.4 Å². The predicted octanol–water partition coefficient (Wildman–Crippen LogP) is 1.08. The van der Waals surface area contributed by atoms with Crippen molar-refractivity contribution in [3.63, 3.8) is 0 Å². The molecule has 0 aromatic carbocycles. The Kier molecular flexibility index (Phi) is 9.39. The zero-order valence-electron chi connectivity index (χ0n) is 12.8. The van der Waals surface area contributed by atoms with E-state index in [4.69, 9.17) is 9.47 Å². The van der Waals surface area contributed by atoms with E-state index in [1.807, 2.05) is 0 Å². The number of ether oxygens (including phenoxy) is 2. The van der Waals surface area contributed by atoms with E-state index in [-0.39, 0.29) is 12.1 Å². The minimum atomic E-state index is -0.533. The van der Waals surface area contributed by atoms with Gasteiger partial charge in [0.15, 0.2) is 0 Å². The fraction of sp³-hybridized carbons (Fsp3) is 1.00. The molecule has 1 aliphatic carbocycles. The molecule has 1 saturated carbocycles. The van der Waals surface area contributed by atoms with E-state index in [1.54, 1.807) is 0 Å². The lowest BCUT2D eigenvalue weighted by Crippen LogP contribution is -2.49. The fourth-order valence-electron chi connectivity index (χ4n) is 2.52. The number of unbranched alkanes of at least 4 members (excludes halogenated alkanes) is 1. The van der Waals surface area contributed by atoms with Gasteiger partial charge in [-0.3, -0.25) is 0 Å². The lowest BCUT2D eigenvalue weighted by Gasteiger charge is -2.29. The van der Waals surface area contributed by atoms with E-state index < -0.39 is 6.10 Å². The number of hydrogen-bond donors (Lipinski definition) is 3. The van der Waals surface area contributed by atoms with Crippen LogP contribution in [0.2, 0.25) is 0 Å². The topological polar surface area (TPSA) is 71.0 Å². The second-order valence-electron chi connectivity index (χ2n) is 5.72. The molecule has 3 N–H and O–H groups in total. The molecule has 1 rings (SSSR count). The van der Waals surface area contributed by atoms with Crippen LogP contribution in [0.1, 0.15) is 45.4 Å². The Morgan fingerprint density at radius 3 is 2.50 bits per heavy atom. The average Bonchev–Trinajstić information content (AvgIpc) is 2.94. The van der Waals surface area contributed by atoms with Crippen molar-refractivity contribution in [1.29, 1.82) is 0 Å². The number of hydrogen-bond acceptors (Lipinski definition) is 5. The molecule has 0 heterocycles. The molecule has 5 nitrogen and oxygen atoms in total. The number of nitrogens with one attached hydrogen (secondary N) is 1. The summed E-state index contributed by atoms with van der Waals surface area (Å²) < 4.78 is 10.8. The molecule has 0 aromatic heterocycles. The number of rotatable bonds is 12. The highest BCUT2D eigenvalue weighted by molar-refractivity contribution is 4.92. The van der Waals surface area contributed by atoms with Crippen molar-refractivity contribution in [3.05, 3.63) is 0 Å². The summed E-state index contributed by atoms with van der Waals surface area (Å²) in [5, 5.41) is 22.6.